The molecule has 0 aromatic heterocycles. The maximum Gasteiger partial charge on any atom is 0.186 e. The van der Waals surface area contributed by atoms with Crippen LogP contribution in [0.2, 0.25) is 19.1 Å². The lowest BCUT2D eigenvalue weighted by atomic mass is 10.1. The van der Waals surface area contributed by atoms with Gasteiger partial charge in [0.1, 0.15) is 0 Å². The maximum absolute atomic E-state index is 11.8. The van der Waals surface area contributed by atoms with Crippen molar-refractivity contribution in [2.24, 2.45) is 0 Å². The van der Waals surface area contributed by atoms with Gasteiger partial charge in [-0.1, -0.05) is 32.1 Å². The number of alkyl halides is 1. The van der Waals surface area contributed by atoms with Crippen molar-refractivity contribution in [2.45, 2.75) is 57.7 Å². The summed E-state index contributed by atoms with van der Waals surface area (Å²) >= 11 is 0. The Morgan fingerprint density at radius 1 is 0.929 bits per heavy atom. The van der Waals surface area contributed by atoms with Crippen molar-refractivity contribution in [3.05, 3.63) is 0 Å². The first kappa shape index (κ1) is 14.1. The number of hydrogen-bond acceptors (Lipinski definition) is 1. The Morgan fingerprint density at radius 2 is 1.43 bits per heavy atom. The number of hydrogen-bond donors (Lipinski definition) is 0. The molecule has 0 unspecified atom stereocenters. The quantitative estimate of drug-likeness (QED) is 0.419. The fourth-order valence-corrected chi connectivity index (χ4v) is 2.76. The van der Waals surface area contributed by atoms with Gasteiger partial charge in [0.25, 0.3) is 0 Å². The van der Waals surface area contributed by atoms with Crippen molar-refractivity contribution in [3.63, 3.8) is 0 Å². The maximum atomic E-state index is 11.8. The Hall–Kier alpha value is 0.107. The average molecular weight is 220 g/mol. The normalized spacial score (nSPS) is 12.0. The lowest BCUT2D eigenvalue weighted by Gasteiger charge is -2.19. The third-order valence-electron chi connectivity index (χ3n) is 2.72. The van der Waals surface area contributed by atoms with Crippen molar-refractivity contribution < 1.29 is 8.82 Å². The van der Waals surface area contributed by atoms with Crippen LogP contribution < -0.4 is 0 Å². The van der Waals surface area contributed by atoms with Crippen LogP contribution in [-0.2, 0) is 4.43 Å². The van der Waals surface area contributed by atoms with E-state index in [0.717, 1.165) is 12.8 Å². The summed E-state index contributed by atoms with van der Waals surface area (Å²) in [7, 11) is 0.514. The van der Waals surface area contributed by atoms with Gasteiger partial charge in [-0.05, 0) is 25.6 Å². The number of halogens is 1. The molecule has 0 aliphatic rings. The molecule has 0 aliphatic carbocycles. The molecule has 0 heterocycles. The first-order chi connectivity index (χ1) is 6.62. The minimum Gasteiger partial charge on any atom is -0.420 e. The van der Waals surface area contributed by atoms with Crippen LogP contribution in [0.15, 0.2) is 0 Å². The van der Waals surface area contributed by atoms with E-state index in [1.165, 1.54) is 31.7 Å². The highest BCUT2D eigenvalue weighted by molar-refractivity contribution is 6.71. The Balaban J connectivity index is 3.13. The Labute approximate surface area is 89.2 Å². The van der Waals surface area contributed by atoms with Crippen molar-refractivity contribution in [2.75, 3.05) is 13.8 Å². The van der Waals surface area contributed by atoms with E-state index >= 15 is 0 Å². The Morgan fingerprint density at radius 3 is 1.93 bits per heavy atom. The van der Waals surface area contributed by atoms with Crippen molar-refractivity contribution in [3.8, 4) is 0 Å². The third-order valence-corrected chi connectivity index (χ3v) is 5.38. The second-order valence-corrected chi connectivity index (χ2v) is 8.95. The molecule has 0 bridgehead atoms. The smallest absolute Gasteiger partial charge is 0.186 e. The van der Waals surface area contributed by atoms with Crippen LogP contribution >= 0.6 is 0 Å². The van der Waals surface area contributed by atoms with Gasteiger partial charge in [0.15, 0.2) is 8.32 Å². The summed E-state index contributed by atoms with van der Waals surface area (Å²) in [5.74, 6) is 0. The molecule has 0 amide bonds. The van der Waals surface area contributed by atoms with Crippen molar-refractivity contribution >= 4 is 8.32 Å². The fourth-order valence-electron chi connectivity index (χ4n) is 1.45. The molecule has 0 N–H and O–H groups in total. The zero-order valence-electron chi connectivity index (χ0n) is 9.94. The molecule has 0 fully saturated rings. The number of rotatable bonds is 9. The minimum atomic E-state index is -1.31. The van der Waals surface area contributed by atoms with Gasteiger partial charge in [-0.2, -0.15) is 0 Å². The van der Waals surface area contributed by atoms with Crippen molar-refractivity contribution in [1.29, 1.82) is 0 Å². The van der Waals surface area contributed by atoms with E-state index < -0.39 is 8.32 Å². The SMILES string of the molecule is CO[Si](C)(C)CCCCCCCCF. The Kier molecular flexibility index (Phi) is 8.48. The monoisotopic (exact) mass is 220 g/mol. The van der Waals surface area contributed by atoms with E-state index in [-0.39, 0.29) is 6.67 Å². The third kappa shape index (κ3) is 8.69. The van der Waals surface area contributed by atoms with E-state index in [4.69, 9.17) is 4.43 Å². The minimum absolute atomic E-state index is 0.149. The predicted octanol–water partition coefficient (Wildman–Crippen LogP) is 4.15. The van der Waals surface area contributed by atoms with Crippen molar-refractivity contribution in [1.82, 2.24) is 0 Å². The Bertz CT molecular complexity index is 128. The lowest BCUT2D eigenvalue weighted by molar-refractivity contribution is 0.400. The highest BCUT2D eigenvalue weighted by Crippen LogP contribution is 2.16. The highest BCUT2D eigenvalue weighted by Gasteiger charge is 2.18. The standard InChI is InChI=1S/C11H25FOSi/c1-13-14(2,3)11-9-7-5-4-6-8-10-12/h4-11H2,1-3H3. The largest absolute Gasteiger partial charge is 0.420 e. The molecule has 1 nitrogen and oxygen atoms in total. The van der Waals surface area contributed by atoms with E-state index in [1.54, 1.807) is 0 Å². The average Bonchev–Trinajstić information content (AvgIpc) is 2.16. The van der Waals surface area contributed by atoms with Crippen LogP contribution in [0.25, 0.3) is 0 Å². The van der Waals surface area contributed by atoms with Gasteiger partial charge in [-0.3, -0.25) is 4.39 Å². The lowest BCUT2D eigenvalue weighted by Crippen LogP contribution is -2.27. The molecule has 0 aromatic rings. The van der Waals surface area contributed by atoms with Gasteiger partial charge in [-0.25, -0.2) is 0 Å². The molecule has 86 valence electrons. The molecule has 0 atom stereocenters. The van der Waals surface area contributed by atoms with Crippen LogP contribution in [0.5, 0.6) is 0 Å². The molecule has 0 rings (SSSR count). The van der Waals surface area contributed by atoms with Crippen LogP contribution in [0, 0.1) is 0 Å². The molecule has 0 radical (unpaired) electrons. The molecule has 0 aliphatic heterocycles. The van der Waals surface area contributed by atoms with Gasteiger partial charge < -0.3 is 4.43 Å². The summed E-state index contributed by atoms with van der Waals surface area (Å²) in [6, 6.07) is 1.26. The zero-order chi connectivity index (χ0) is 10.9. The van der Waals surface area contributed by atoms with Gasteiger partial charge in [0, 0.05) is 7.11 Å². The van der Waals surface area contributed by atoms with Crippen LogP contribution in [0.1, 0.15) is 38.5 Å². The van der Waals surface area contributed by atoms with E-state index in [2.05, 4.69) is 13.1 Å². The second-order valence-electron chi connectivity index (χ2n) is 4.52. The molecule has 14 heavy (non-hydrogen) atoms. The summed E-state index contributed by atoms with van der Waals surface area (Å²) < 4.78 is 17.2. The summed E-state index contributed by atoms with van der Waals surface area (Å²) in [4.78, 5) is 0. The van der Waals surface area contributed by atoms with E-state index in [1.807, 2.05) is 7.11 Å². The molecule has 3 heteroatoms. The van der Waals surface area contributed by atoms with Gasteiger partial charge >= 0.3 is 0 Å². The van der Waals surface area contributed by atoms with Gasteiger partial charge in [-0.15, -0.1) is 0 Å². The summed E-state index contributed by atoms with van der Waals surface area (Å²) in [5.41, 5.74) is 0. The zero-order valence-corrected chi connectivity index (χ0v) is 10.9. The second kappa shape index (κ2) is 8.42. The van der Waals surface area contributed by atoms with Crippen LogP contribution in [0.3, 0.4) is 0 Å². The molecule has 0 aromatic carbocycles. The molecule has 0 saturated carbocycles. The summed E-state index contributed by atoms with van der Waals surface area (Å²) in [5, 5.41) is 0. The molecule has 0 spiro atoms. The summed E-state index contributed by atoms with van der Waals surface area (Å²) in [6.07, 6.45) is 6.82. The molecular formula is C11H25FOSi. The first-order valence-corrected chi connectivity index (χ1v) is 8.85. The van der Waals surface area contributed by atoms with Crippen LogP contribution in [-0.4, -0.2) is 22.1 Å². The summed E-state index contributed by atoms with van der Waals surface area (Å²) in [6.45, 7) is 4.37. The van der Waals surface area contributed by atoms with Gasteiger partial charge in [0.2, 0.25) is 0 Å². The topological polar surface area (TPSA) is 9.23 Å². The predicted molar refractivity (Wildman–Crippen MR) is 63.0 cm³/mol. The van der Waals surface area contributed by atoms with E-state index in [9.17, 15) is 4.39 Å². The van der Waals surface area contributed by atoms with E-state index in [0.29, 0.717) is 0 Å². The van der Waals surface area contributed by atoms with Gasteiger partial charge in [0.05, 0.1) is 6.67 Å². The number of unbranched alkanes of at least 4 members (excludes halogenated alkanes) is 5. The van der Waals surface area contributed by atoms with Crippen LogP contribution in [0.4, 0.5) is 4.39 Å². The highest BCUT2D eigenvalue weighted by atomic mass is 28.4. The first-order valence-electron chi connectivity index (χ1n) is 5.73. The molecular weight excluding hydrogens is 195 g/mol. The molecule has 0 saturated heterocycles. The fraction of sp³-hybridized carbons (Fsp3) is 1.00.